The molecule has 2 amide bonds. The highest BCUT2D eigenvalue weighted by Gasteiger charge is 2.25. The minimum absolute atomic E-state index is 0.159. The van der Waals surface area contributed by atoms with Crippen LogP contribution in [0.2, 0.25) is 5.02 Å². The van der Waals surface area contributed by atoms with Gasteiger partial charge in [0.1, 0.15) is 6.04 Å². The average molecular weight is 297 g/mol. The lowest BCUT2D eigenvalue weighted by molar-refractivity contribution is -0.131. The lowest BCUT2D eigenvalue weighted by Crippen LogP contribution is -2.46. The molecule has 4 nitrogen and oxygen atoms in total. The molecule has 0 fully saturated rings. The monoisotopic (exact) mass is 296 g/mol. The van der Waals surface area contributed by atoms with Crippen LogP contribution in [0.15, 0.2) is 18.2 Å². The van der Waals surface area contributed by atoms with Crippen molar-refractivity contribution in [3.63, 3.8) is 0 Å². The quantitative estimate of drug-likeness (QED) is 0.900. The zero-order valence-corrected chi connectivity index (χ0v) is 13.3. The maximum absolute atomic E-state index is 12.1. The van der Waals surface area contributed by atoms with E-state index >= 15 is 0 Å². The van der Waals surface area contributed by atoms with Crippen LogP contribution in [0.4, 0.5) is 5.69 Å². The Kier molecular flexibility index (Phi) is 5.17. The average Bonchev–Trinajstić information content (AvgIpc) is 2.31. The SMILES string of the molecule is Cc1cc(Cl)ccc1NC(=O)[C@@H](C)NC(=O)C(C)(C)C. The number of benzene rings is 1. The number of hydrogen-bond acceptors (Lipinski definition) is 2. The first-order valence-corrected chi connectivity index (χ1v) is 6.87. The van der Waals surface area contributed by atoms with E-state index in [1.165, 1.54) is 0 Å². The molecule has 2 N–H and O–H groups in total. The molecular weight excluding hydrogens is 276 g/mol. The Bertz CT molecular complexity index is 521. The number of hydrogen-bond donors (Lipinski definition) is 2. The summed E-state index contributed by atoms with van der Waals surface area (Å²) in [4.78, 5) is 23.9. The van der Waals surface area contributed by atoms with Gasteiger partial charge in [0.2, 0.25) is 11.8 Å². The van der Waals surface area contributed by atoms with Gasteiger partial charge in [0.15, 0.2) is 0 Å². The van der Waals surface area contributed by atoms with Crippen molar-refractivity contribution in [3.8, 4) is 0 Å². The van der Waals surface area contributed by atoms with Gasteiger partial charge in [-0.15, -0.1) is 0 Å². The Morgan fingerprint density at radius 2 is 1.85 bits per heavy atom. The predicted molar refractivity (Wildman–Crippen MR) is 81.9 cm³/mol. The van der Waals surface area contributed by atoms with Crippen molar-refractivity contribution in [2.24, 2.45) is 5.41 Å². The Labute approximate surface area is 124 Å². The van der Waals surface area contributed by atoms with Gasteiger partial charge in [0.05, 0.1) is 0 Å². The fourth-order valence-corrected chi connectivity index (χ4v) is 1.71. The summed E-state index contributed by atoms with van der Waals surface area (Å²) in [5.41, 5.74) is 1.04. The molecule has 1 rings (SSSR count). The lowest BCUT2D eigenvalue weighted by Gasteiger charge is -2.21. The highest BCUT2D eigenvalue weighted by Crippen LogP contribution is 2.20. The van der Waals surface area contributed by atoms with Gasteiger partial charge in [-0.1, -0.05) is 32.4 Å². The molecule has 0 heterocycles. The first kappa shape index (κ1) is 16.5. The third-order valence-electron chi connectivity index (χ3n) is 2.87. The zero-order valence-electron chi connectivity index (χ0n) is 12.5. The highest BCUT2D eigenvalue weighted by molar-refractivity contribution is 6.30. The Morgan fingerprint density at radius 3 is 2.35 bits per heavy atom. The van der Waals surface area contributed by atoms with Crippen molar-refractivity contribution in [2.75, 3.05) is 5.32 Å². The van der Waals surface area contributed by atoms with E-state index in [-0.39, 0.29) is 11.8 Å². The van der Waals surface area contributed by atoms with Crippen LogP contribution in [0.25, 0.3) is 0 Å². The van der Waals surface area contributed by atoms with Crippen LogP contribution in [0.3, 0.4) is 0 Å². The van der Waals surface area contributed by atoms with E-state index in [9.17, 15) is 9.59 Å². The number of carbonyl (C=O) groups excluding carboxylic acids is 2. The summed E-state index contributed by atoms with van der Waals surface area (Å²) in [6.45, 7) is 8.92. The predicted octanol–water partition coefficient (Wildman–Crippen LogP) is 3.14. The zero-order chi connectivity index (χ0) is 15.5. The number of nitrogens with one attached hydrogen (secondary N) is 2. The minimum atomic E-state index is -0.600. The van der Waals surface area contributed by atoms with Crippen LogP contribution in [-0.4, -0.2) is 17.9 Å². The maximum Gasteiger partial charge on any atom is 0.246 e. The number of amides is 2. The van der Waals surface area contributed by atoms with Crippen LogP contribution in [0, 0.1) is 12.3 Å². The van der Waals surface area contributed by atoms with E-state index in [1.54, 1.807) is 45.9 Å². The second kappa shape index (κ2) is 6.27. The van der Waals surface area contributed by atoms with Crippen LogP contribution in [0.1, 0.15) is 33.3 Å². The van der Waals surface area contributed by atoms with Crippen molar-refractivity contribution in [2.45, 2.75) is 40.7 Å². The Balaban J connectivity index is 2.69. The van der Waals surface area contributed by atoms with Gasteiger partial charge in [-0.25, -0.2) is 0 Å². The van der Waals surface area contributed by atoms with E-state index in [2.05, 4.69) is 10.6 Å². The number of rotatable bonds is 3. The van der Waals surface area contributed by atoms with Gasteiger partial charge in [-0.05, 0) is 37.6 Å². The van der Waals surface area contributed by atoms with Crippen molar-refractivity contribution < 1.29 is 9.59 Å². The van der Waals surface area contributed by atoms with E-state index in [4.69, 9.17) is 11.6 Å². The topological polar surface area (TPSA) is 58.2 Å². The van der Waals surface area contributed by atoms with E-state index < -0.39 is 11.5 Å². The lowest BCUT2D eigenvalue weighted by atomic mass is 9.95. The van der Waals surface area contributed by atoms with E-state index in [0.717, 1.165) is 5.56 Å². The molecule has 110 valence electrons. The fraction of sp³-hybridized carbons (Fsp3) is 0.467. The molecule has 0 aromatic heterocycles. The summed E-state index contributed by atoms with van der Waals surface area (Å²) >= 11 is 5.87. The number of carbonyl (C=O) groups is 2. The van der Waals surface area contributed by atoms with Crippen LogP contribution in [0.5, 0.6) is 0 Å². The van der Waals surface area contributed by atoms with Crippen molar-refractivity contribution in [3.05, 3.63) is 28.8 Å². The number of aryl methyl sites for hydroxylation is 1. The molecule has 1 aromatic rings. The van der Waals surface area contributed by atoms with Crippen molar-refractivity contribution in [1.82, 2.24) is 5.32 Å². The first-order valence-electron chi connectivity index (χ1n) is 6.49. The fourth-order valence-electron chi connectivity index (χ4n) is 1.49. The van der Waals surface area contributed by atoms with Crippen LogP contribution in [-0.2, 0) is 9.59 Å². The standard InChI is InChI=1S/C15H21ClN2O2/c1-9-8-11(16)6-7-12(9)18-13(19)10(2)17-14(20)15(3,4)5/h6-8,10H,1-5H3,(H,17,20)(H,18,19)/t10-/m1/s1. The summed E-state index contributed by atoms with van der Waals surface area (Å²) in [6.07, 6.45) is 0. The number of anilines is 1. The second-order valence-electron chi connectivity index (χ2n) is 5.89. The molecule has 0 aliphatic heterocycles. The summed E-state index contributed by atoms with van der Waals surface area (Å²) < 4.78 is 0. The largest absolute Gasteiger partial charge is 0.344 e. The van der Waals surface area contributed by atoms with Crippen molar-refractivity contribution >= 4 is 29.1 Å². The van der Waals surface area contributed by atoms with Gasteiger partial charge < -0.3 is 10.6 Å². The molecule has 0 saturated carbocycles. The maximum atomic E-state index is 12.1. The first-order chi connectivity index (χ1) is 9.11. The smallest absolute Gasteiger partial charge is 0.246 e. The van der Waals surface area contributed by atoms with Gasteiger partial charge in [0, 0.05) is 16.1 Å². The van der Waals surface area contributed by atoms with Gasteiger partial charge in [0.25, 0.3) is 0 Å². The Morgan fingerprint density at radius 1 is 1.25 bits per heavy atom. The molecule has 5 heteroatoms. The number of halogens is 1. The minimum Gasteiger partial charge on any atom is -0.344 e. The Hall–Kier alpha value is -1.55. The van der Waals surface area contributed by atoms with Gasteiger partial charge >= 0.3 is 0 Å². The van der Waals surface area contributed by atoms with E-state index in [0.29, 0.717) is 10.7 Å². The summed E-state index contributed by atoms with van der Waals surface area (Å²) in [6, 6.07) is 4.63. The molecule has 0 saturated heterocycles. The van der Waals surface area contributed by atoms with Crippen molar-refractivity contribution in [1.29, 1.82) is 0 Å². The highest BCUT2D eigenvalue weighted by atomic mass is 35.5. The molecule has 0 aliphatic rings. The van der Waals surface area contributed by atoms with Gasteiger partial charge in [-0.2, -0.15) is 0 Å². The molecule has 20 heavy (non-hydrogen) atoms. The summed E-state index contributed by atoms with van der Waals surface area (Å²) in [5, 5.41) is 6.10. The normalized spacial score (nSPS) is 12.7. The summed E-state index contributed by atoms with van der Waals surface area (Å²) in [7, 11) is 0. The molecule has 0 radical (unpaired) electrons. The molecular formula is C15H21ClN2O2. The third-order valence-corrected chi connectivity index (χ3v) is 3.10. The molecule has 0 aliphatic carbocycles. The molecule has 1 aromatic carbocycles. The molecule has 0 bridgehead atoms. The molecule has 0 spiro atoms. The van der Waals surface area contributed by atoms with E-state index in [1.807, 2.05) is 6.92 Å². The third kappa shape index (κ3) is 4.53. The van der Waals surface area contributed by atoms with Gasteiger partial charge in [-0.3, -0.25) is 9.59 Å². The second-order valence-corrected chi connectivity index (χ2v) is 6.33. The van der Waals surface area contributed by atoms with Crippen LogP contribution >= 0.6 is 11.6 Å². The molecule has 0 unspecified atom stereocenters. The summed E-state index contributed by atoms with van der Waals surface area (Å²) in [5.74, 6) is -0.416. The molecule has 1 atom stereocenters. The van der Waals surface area contributed by atoms with Crippen LogP contribution < -0.4 is 10.6 Å².